The molecule has 0 bridgehead atoms. The summed E-state index contributed by atoms with van der Waals surface area (Å²) in [6, 6.07) is 7.46. The number of hydrogen-bond donors (Lipinski definition) is 3. The Bertz CT molecular complexity index is 443. The van der Waals surface area contributed by atoms with Crippen molar-refractivity contribution >= 4 is 23.2 Å². The molecule has 0 radical (unpaired) electrons. The van der Waals surface area contributed by atoms with E-state index in [1.54, 1.807) is 0 Å². The van der Waals surface area contributed by atoms with Gasteiger partial charge in [0.05, 0.1) is 18.2 Å². The first-order chi connectivity index (χ1) is 8.19. The zero-order chi connectivity index (χ0) is 12.3. The SMILES string of the molecule is NNC(=O)C[C@@H]1CC(c2ccc(Cl)cc2)=NN1. The number of carbonyl (C=O) groups is 1. The second kappa shape index (κ2) is 5.16. The minimum Gasteiger partial charge on any atom is -0.306 e. The Morgan fingerprint density at radius 1 is 1.53 bits per heavy atom. The van der Waals surface area contributed by atoms with Crippen LogP contribution < -0.4 is 16.7 Å². The minimum absolute atomic E-state index is 0.00391. The first-order valence-electron chi connectivity index (χ1n) is 5.26. The highest BCUT2D eigenvalue weighted by molar-refractivity contribution is 6.30. The number of carbonyl (C=O) groups excluding carboxylic acids is 1. The van der Waals surface area contributed by atoms with Crippen LogP contribution in [-0.4, -0.2) is 17.7 Å². The standard InChI is InChI=1S/C11H13ClN4O/c12-8-3-1-7(2-4-8)10-5-9(15-16-10)6-11(17)14-13/h1-4,9,15H,5-6,13H2,(H,14,17)/t9-/m0/s1. The summed E-state index contributed by atoms with van der Waals surface area (Å²) in [6.07, 6.45) is 1.02. The van der Waals surface area contributed by atoms with E-state index in [9.17, 15) is 4.79 Å². The van der Waals surface area contributed by atoms with E-state index < -0.39 is 0 Å². The van der Waals surface area contributed by atoms with E-state index in [4.69, 9.17) is 17.4 Å². The van der Waals surface area contributed by atoms with Crippen LogP contribution in [-0.2, 0) is 4.79 Å². The molecule has 1 aliphatic rings. The fourth-order valence-electron chi connectivity index (χ4n) is 1.72. The zero-order valence-corrected chi connectivity index (χ0v) is 9.87. The lowest BCUT2D eigenvalue weighted by molar-refractivity contribution is -0.121. The Kier molecular flexibility index (Phi) is 3.61. The van der Waals surface area contributed by atoms with E-state index >= 15 is 0 Å². The number of hydrogen-bond acceptors (Lipinski definition) is 4. The third kappa shape index (κ3) is 2.95. The van der Waals surface area contributed by atoms with Crippen molar-refractivity contribution in [2.75, 3.05) is 0 Å². The molecule has 0 spiro atoms. The maximum atomic E-state index is 11.1. The van der Waals surface area contributed by atoms with Crippen LogP contribution in [0.5, 0.6) is 0 Å². The van der Waals surface area contributed by atoms with Crippen LogP contribution in [0.15, 0.2) is 29.4 Å². The first-order valence-corrected chi connectivity index (χ1v) is 5.64. The number of hydrazine groups is 1. The summed E-state index contributed by atoms with van der Waals surface area (Å²) in [7, 11) is 0. The number of rotatable bonds is 3. The maximum Gasteiger partial charge on any atom is 0.236 e. The molecule has 17 heavy (non-hydrogen) atoms. The highest BCUT2D eigenvalue weighted by atomic mass is 35.5. The van der Waals surface area contributed by atoms with Gasteiger partial charge in [-0.25, -0.2) is 5.84 Å². The summed E-state index contributed by atoms with van der Waals surface area (Å²) in [5.41, 5.74) is 6.97. The number of nitrogens with one attached hydrogen (secondary N) is 2. The van der Waals surface area contributed by atoms with E-state index in [0.717, 1.165) is 11.3 Å². The van der Waals surface area contributed by atoms with Gasteiger partial charge in [-0.3, -0.25) is 10.2 Å². The monoisotopic (exact) mass is 252 g/mol. The van der Waals surface area contributed by atoms with E-state index in [0.29, 0.717) is 17.9 Å². The molecule has 4 N–H and O–H groups in total. The van der Waals surface area contributed by atoms with Gasteiger partial charge in [0.1, 0.15) is 0 Å². The number of nitrogens with zero attached hydrogens (tertiary/aromatic N) is 1. The minimum atomic E-state index is -0.199. The van der Waals surface area contributed by atoms with Crippen LogP contribution in [0.25, 0.3) is 0 Å². The quantitative estimate of drug-likeness (QED) is 0.423. The molecule has 1 atom stereocenters. The molecular formula is C11H13ClN4O. The van der Waals surface area contributed by atoms with Gasteiger partial charge >= 0.3 is 0 Å². The van der Waals surface area contributed by atoms with Gasteiger partial charge in [0.15, 0.2) is 0 Å². The Morgan fingerprint density at radius 3 is 2.88 bits per heavy atom. The van der Waals surface area contributed by atoms with E-state index in [1.165, 1.54) is 0 Å². The number of amides is 1. The smallest absolute Gasteiger partial charge is 0.236 e. The van der Waals surface area contributed by atoms with Crippen LogP contribution in [0, 0.1) is 0 Å². The Hall–Kier alpha value is -1.59. The van der Waals surface area contributed by atoms with Gasteiger partial charge < -0.3 is 5.43 Å². The summed E-state index contributed by atoms with van der Waals surface area (Å²) in [6.45, 7) is 0. The Morgan fingerprint density at radius 2 is 2.24 bits per heavy atom. The third-order valence-corrected chi connectivity index (χ3v) is 2.84. The molecule has 0 unspecified atom stereocenters. The average Bonchev–Trinajstić information content (AvgIpc) is 2.78. The Balaban J connectivity index is 1.97. The largest absolute Gasteiger partial charge is 0.306 e. The van der Waals surface area contributed by atoms with E-state index in [-0.39, 0.29) is 11.9 Å². The van der Waals surface area contributed by atoms with Crippen LogP contribution in [0.3, 0.4) is 0 Å². The van der Waals surface area contributed by atoms with Crippen molar-refractivity contribution in [2.24, 2.45) is 10.9 Å². The van der Waals surface area contributed by atoms with Gasteiger partial charge in [-0.05, 0) is 17.7 Å². The van der Waals surface area contributed by atoms with E-state index in [2.05, 4.69) is 16.0 Å². The fraction of sp³-hybridized carbons (Fsp3) is 0.273. The van der Waals surface area contributed by atoms with Crippen molar-refractivity contribution in [1.29, 1.82) is 0 Å². The van der Waals surface area contributed by atoms with Crippen LogP contribution in [0.1, 0.15) is 18.4 Å². The lowest BCUT2D eigenvalue weighted by Gasteiger charge is -2.07. The van der Waals surface area contributed by atoms with Crippen LogP contribution >= 0.6 is 11.6 Å². The zero-order valence-electron chi connectivity index (χ0n) is 9.11. The molecule has 1 heterocycles. The first kappa shape index (κ1) is 11.9. The van der Waals surface area contributed by atoms with Gasteiger partial charge in [-0.2, -0.15) is 5.10 Å². The molecule has 2 rings (SSSR count). The summed E-state index contributed by atoms with van der Waals surface area (Å²) in [5.74, 6) is 4.83. The molecule has 6 heteroatoms. The molecule has 0 aromatic heterocycles. The molecule has 1 aromatic carbocycles. The third-order valence-electron chi connectivity index (χ3n) is 2.59. The average molecular weight is 253 g/mol. The summed E-state index contributed by atoms with van der Waals surface area (Å²) >= 11 is 5.81. The van der Waals surface area contributed by atoms with Crippen molar-refractivity contribution in [3.05, 3.63) is 34.9 Å². The van der Waals surface area contributed by atoms with Gasteiger partial charge in [0, 0.05) is 11.4 Å². The highest BCUT2D eigenvalue weighted by Crippen LogP contribution is 2.16. The fourth-order valence-corrected chi connectivity index (χ4v) is 1.85. The molecule has 0 saturated heterocycles. The lowest BCUT2D eigenvalue weighted by Crippen LogP contribution is -2.35. The van der Waals surface area contributed by atoms with Gasteiger partial charge in [0.2, 0.25) is 5.91 Å². The molecular weight excluding hydrogens is 240 g/mol. The second-order valence-corrected chi connectivity index (χ2v) is 4.30. The van der Waals surface area contributed by atoms with Crippen molar-refractivity contribution in [1.82, 2.24) is 10.9 Å². The number of benzene rings is 1. The summed E-state index contributed by atoms with van der Waals surface area (Å²) in [4.78, 5) is 11.1. The van der Waals surface area contributed by atoms with Crippen LogP contribution in [0.4, 0.5) is 0 Å². The topological polar surface area (TPSA) is 79.5 Å². The van der Waals surface area contributed by atoms with Crippen molar-refractivity contribution in [3.8, 4) is 0 Å². The summed E-state index contributed by atoms with van der Waals surface area (Å²) < 4.78 is 0. The van der Waals surface area contributed by atoms with Crippen molar-refractivity contribution in [3.63, 3.8) is 0 Å². The van der Waals surface area contributed by atoms with Crippen molar-refractivity contribution < 1.29 is 4.79 Å². The highest BCUT2D eigenvalue weighted by Gasteiger charge is 2.21. The number of halogens is 1. The number of nitrogens with two attached hydrogens (primary N) is 1. The van der Waals surface area contributed by atoms with E-state index in [1.807, 2.05) is 24.3 Å². The molecule has 1 aliphatic heterocycles. The normalized spacial score (nSPS) is 18.5. The molecule has 0 fully saturated rings. The van der Waals surface area contributed by atoms with Gasteiger partial charge in [-0.1, -0.05) is 23.7 Å². The van der Waals surface area contributed by atoms with Gasteiger partial charge in [-0.15, -0.1) is 0 Å². The molecule has 0 aliphatic carbocycles. The number of hydrazone groups is 1. The van der Waals surface area contributed by atoms with Crippen LogP contribution in [0.2, 0.25) is 5.02 Å². The maximum absolute atomic E-state index is 11.1. The molecule has 1 aromatic rings. The lowest BCUT2D eigenvalue weighted by atomic mass is 10.0. The molecule has 5 nitrogen and oxygen atoms in total. The predicted octanol–water partition coefficient (Wildman–Crippen LogP) is 0.786. The Labute approximate surface area is 104 Å². The van der Waals surface area contributed by atoms with Gasteiger partial charge in [0.25, 0.3) is 0 Å². The second-order valence-electron chi connectivity index (χ2n) is 3.87. The molecule has 0 saturated carbocycles. The predicted molar refractivity (Wildman–Crippen MR) is 66.5 cm³/mol. The molecule has 90 valence electrons. The molecule has 1 amide bonds. The van der Waals surface area contributed by atoms with Crippen molar-refractivity contribution in [2.45, 2.75) is 18.9 Å². The summed E-state index contributed by atoms with van der Waals surface area (Å²) in [5, 5.41) is 4.90.